The molecule has 17 heteroatoms. The van der Waals surface area contributed by atoms with Crippen molar-refractivity contribution in [1.82, 2.24) is 10.2 Å². The highest BCUT2D eigenvalue weighted by atomic mass is 35.5. The number of benzene rings is 2. The van der Waals surface area contributed by atoms with Gasteiger partial charge in [0.15, 0.2) is 11.6 Å². The van der Waals surface area contributed by atoms with Crippen molar-refractivity contribution in [3.05, 3.63) is 52.0 Å². The molecule has 1 saturated heterocycles. The number of nitrogens with one attached hydrogen (secondary N) is 1. The molecule has 3 rings (SSSR count). The van der Waals surface area contributed by atoms with Gasteiger partial charge in [-0.3, -0.25) is 9.80 Å². The SMILES string of the molecule is CNCC(O)CN1CCN(c2cc(C(F)(F)F)cc(C(F)(F)F)c2OC(=O)N(C)c2ccc(F)c(Cl)c2F)C1=O. The summed E-state index contributed by atoms with van der Waals surface area (Å²) >= 11 is 5.48. The highest BCUT2D eigenvalue weighted by Crippen LogP contribution is 2.47. The molecule has 0 saturated carbocycles. The molecule has 0 aromatic heterocycles. The number of alkyl halides is 6. The van der Waals surface area contributed by atoms with Gasteiger partial charge in [-0.2, -0.15) is 26.3 Å². The van der Waals surface area contributed by atoms with E-state index in [1.807, 2.05) is 0 Å². The molecule has 1 aliphatic rings. The number of halogens is 9. The number of rotatable bonds is 7. The third-order valence-electron chi connectivity index (χ3n) is 5.80. The van der Waals surface area contributed by atoms with Gasteiger partial charge in [-0.1, -0.05) is 11.6 Å². The maximum Gasteiger partial charge on any atom is 0.420 e. The average molecular weight is 605 g/mol. The molecule has 0 radical (unpaired) electrons. The Morgan fingerprint density at radius 2 is 1.80 bits per heavy atom. The summed E-state index contributed by atoms with van der Waals surface area (Å²) in [6, 6.07) is 0.239. The molecule has 1 atom stereocenters. The number of hydrogen-bond acceptors (Lipinski definition) is 5. The summed E-state index contributed by atoms with van der Waals surface area (Å²) in [6.07, 6.45) is -13.6. The molecule has 1 unspecified atom stereocenters. The lowest BCUT2D eigenvalue weighted by Gasteiger charge is -2.26. The quantitative estimate of drug-likeness (QED) is 0.339. The number of likely N-dealkylation sites (N-methyl/N-ethyl adjacent to an activating group) is 1. The lowest BCUT2D eigenvalue weighted by molar-refractivity contribution is -0.143. The monoisotopic (exact) mass is 604 g/mol. The Kier molecular flexibility index (Phi) is 9.06. The third kappa shape index (κ3) is 6.50. The van der Waals surface area contributed by atoms with Gasteiger partial charge in [-0.15, -0.1) is 0 Å². The standard InChI is InChI=1S/C23H21ClF8N4O4/c1-33-9-12(37)10-35-5-6-36(20(35)38)16-8-11(22(27,28)29)7-13(23(30,31)32)19(16)40-21(39)34(2)15-4-3-14(25)17(24)18(15)26/h3-4,7-8,12,33,37H,5-6,9-10H2,1-2H3. The Labute approximate surface area is 226 Å². The van der Waals surface area contributed by atoms with Crippen molar-refractivity contribution < 1.29 is 54.6 Å². The number of hydrogen-bond donors (Lipinski definition) is 2. The zero-order chi connectivity index (χ0) is 30.2. The first-order valence-corrected chi connectivity index (χ1v) is 11.7. The van der Waals surface area contributed by atoms with Crippen LogP contribution in [0.3, 0.4) is 0 Å². The van der Waals surface area contributed by atoms with E-state index in [9.17, 15) is 49.8 Å². The first-order valence-electron chi connectivity index (χ1n) is 11.3. The molecular formula is C23H21ClF8N4O4. The van der Waals surface area contributed by atoms with E-state index in [0.29, 0.717) is 15.9 Å². The lowest BCUT2D eigenvalue weighted by Crippen LogP contribution is -2.40. The summed E-state index contributed by atoms with van der Waals surface area (Å²) in [4.78, 5) is 27.6. The van der Waals surface area contributed by atoms with E-state index in [0.717, 1.165) is 18.0 Å². The number of carbonyl (C=O) groups excluding carboxylic acids is 2. The van der Waals surface area contributed by atoms with Crippen LogP contribution in [0.1, 0.15) is 11.1 Å². The van der Waals surface area contributed by atoms with Gasteiger partial charge in [0.2, 0.25) is 0 Å². The smallest absolute Gasteiger partial charge is 0.407 e. The van der Waals surface area contributed by atoms with E-state index in [1.54, 1.807) is 0 Å². The van der Waals surface area contributed by atoms with Crippen LogP contribution in [-0.4, -0.2) is 68.5 Å². The second-order valence-corrected chi connectivity index (χ2v) is 8.96. The first-order chi connectivity index (χ1) is 18.5. The van der Waals surface area contributed by atoms with Gasteiger partial charge in [-0.05, 0) is 31.3 Å². The fourth-order valence-electron chi connectivity index (χ4n) is 3.85. The number of amides is 3. The Balaban J connectivity index is 2.11. The molecule has 2 aromatic rings. The minimum absolute atomic E-state index is 0.0325. The summed E-state index contributed by atoms with van der Waals surface area (Å²) in [7, 11) is 2.34. The Morgan fingerprint density at radius 1 is 1.15 bits per heavy atom. The van der Waals surface area contributed by atoms with Gasteiger partial charge in [-0.25, -0.2) is 18.4 Å². The first kappa shape index (κ1) is 31.2. The molecule has 0 spiro atoms. The second-order valence-electron chi connectivity index (χ2n) is 8.58. The zero-order valence-electron chi connectivity index (χ0n) is 20.6. The number of nitrogens with zero attached hydrogens (tertiary/aromatic N) is 3. The van der Waals surface area contributed by atoms with E-state index >= 15 is 0 Å². The zero-order valence-corrected chi connectivity index (χ0v) is 21.4. The summed E-state index contributed by atoms with van der Waals surface area (Å²) in [5.41, 5.74) is -5.60. The topological polar surface area (TPSA) is 85.3 Å². The van der Waals surface area contributed by atoms with Crippen LogP contribution in [0, 0.1) is 11.6 Å². The van der Waals surface area contributed by atoms with Gasteiger partial charge < -0.3 is 20.1 Å². The predicted octanol–water partition coefficient (Wildman–Crippen LogP) is 5.11. The summed E-state index contributed by atoms with van der Waals surface area (Å²) in [5, 5.41) is 11.6. The molecule has 8 nitrogen and oxygen atoms in total. The van der Waals surface area contributed by atoms with Crippen LogP contribution in [0.5, 0.6) is 5.75 Å². The number of β-amino-alcohol motifs (C(OH)–C–C–N with tert-alkyl or cyclic N) is 1. The van der Waals surface area contributed by atoms with E-state index in [-0.39, 0.29) is 31.8 Å². The van der Waals surface area contributed by atoms with Crippen molar-refractivity contribution in [3.8, 4) is 5.75 Å². The van der Waals surface area contributed by atoms with Crippen LogP contribution in [0.2, 0.25) is 5.02 Å². The van der Waals surface area contributed by atoms with Gasteiger partial charge >= 0.3 is 24.5 Å². The van der Waals surface area contributed by atoms with Gasteiger partial charge in [0.05, 0.1) is 23.0 Å². The van der Waals surface area contributed by atoms with Crippen molar-refractivity contribution in [2.45, 2.75) is 18.5 Å². The van der Waals surface area contributed by atoms with Crippen molar-refractivity contribution in [3.63, 3.8) is 0 Å². The number of urea groups is 1. The number of ether oxygens (including phenoxy) is 1. The summed E-state index contributed by atoms with van der Waals surface area (Å²) < 4.78 is 116. The van der Waals surface area contributed by atoms with Crippen LogP contribution >= 0.6 is 11.6 Å². The summed E-state index contributed by atoms with van der Waals surface area (Å²) in [6.45, 7) is -0.884. The van der Waals surface area contributed by atoms with Crippen LogP contribution in [0.4, 0.5) is 56.1 Å². The number of aliphatic hydroxyl groups excluding tert-OH is 1. The number of aliphatic hydroxyl groups is 1. The molecule has 0 aliphatic carbocycles. The lowest BCUT2D eigenvalue weighted by atomic mass is 10.1. The fraction of sp³-hybridized carbons (Fsp3) is 0.391. The summed E-state index contributed by atoms with van der Waals surface area (Å²) in [5.74, 6) is -4.13. The van der Waals surface area contributed by atoms with Crippen LogP contribution in [0.15, 0.2) is 24.3 Å². The molecule has 0 bridgehead atoms. The van der Waals surface area contributed by atoms with Gasteiger partial charge in [0.25, 0.3) is 0 Å². The maximum atomic E-state index is 14.4. The van der Waals surface area contributed by atoms with E-state index in [2.05, 4.69) is 5.32 Å². The minimum atomic E-state index is -5.51. The van der Waals surface area contributed by atoms with Gasteiger partial charge in [0.1, 0.15) is 16.4 Å². The highest BCUT2D eigenvalue weighted by Gasteiger charge is 2.44. The third-order valence-corrected chi connectivity index (χ3v) is 6.14. The molecule has 2 aromatic carbocycles. The fourth-order valence-corrected chi connectivity index (χ4v) is 4.01. The van der Waals surface area contributed by atoms with Crippen LogP contribution in [-0.2, 0) is 12.4 Å². The van der Waals surface area contributed by atoms with Crippen LogP contribution in [0.25, 0.3) is 0 Å². The Hall–Kier alpha value is -3.37. The number of carbonyl (C=O) groups is 2. The van der Waals surface area contributed by atoms with E-state index < -0.39 is 82.0 Å². The minimum Gasteiger partial charge on any atom is -0.407 e. The Bertz CT molecular complexity index is 1290. The van der Waals surface area contributed by atoms with Gasteiger partial charge in [0, 0.05) is 33.2 Å². The van der Waals surface area contributed by atoms with Crippen molar-refractivity contribution in [2.24, 2.45) is 0 Å². The van der Waals surface area contributed by atoms with E-state index in [4.69, 9.17) is 16.3 Å². The molecule has 40 heavy (non-hydrogen) atoms. The van der Waals surface area contributed by atoms with Crippen molar-refractivity contribution in [2.75, 3.05) is 50.1 Å². The van der Waals surface area contributed by atoms with Crippen molar-refractivity contribution >= 4 is 35.1 Å². The van der Waals surface area contributed by atoms with Crippen molar-refractivity contribution in [1.29, 1.82) is 0 Å². The molecule has 1 aliphatic heterocycles. The molecular weight excluding hydrogens is 584 g/mol. The predicted molar refractivity (Wildman–Crippen MR) is 126 cm³/mol. The molecule has 220 valence electrons. The Morgan fingerprint density at radius 3 is 2.38 bits per heavy atom. The molecule has 1 fully saturated rings. The molecule has 3 amide bonds. The molecule has 2 N–H and O–H groups in total. The van der Waals surface area contributed by atoms with Crippen LogP contribution < -0.4 is 19.9 Å². The number of anilines is 2. The largest absolute Gasteiger partial charge is 0.420 e. The maximum absolute atomic E-state index is 14.4. The normalized spacial score (nSPS) is 15.1. The average Bonchev–Trinajstić information content (AvgIpc) is 3.20. The molecule has 1 heterocycles. The highest BCUT2D eigenvalue weighted by molar-refractivity contribution is 6.31. The second kappa shape index (κ2) is 11.6. The van der Waals surface area contributed by atoms with E-state index in [1.165, 1.54) is 7.05 Å².